The second-order valence-corrected chi connectivity index (χ2v) is 12.8. The fourth-order valence-corrected chi connectivity index (χ4v) is 5.39. The predicted octanol–water partition coefficient (Wildman–Crippen LogP) is 8.03. The molecule has 2 heterocycles. The molecular weight excluding hydrogens is 531 g/mol. The number of hydrogen-bond acceptors (Lipinski definition) is 5. The smallest absolute Gasteiger partial charge is 0.337 e. The molecule has 42 heavy (non-hydrogen) atoms. The molecule has 1 aliphatic rings. The van der Waals surface area contributed by atoms with Crippen LogP contribution in [0.25, 0.3) is 17.2 Å². The van der Waals surface area contributed by atoms with E-state index in [2.05, 4.69) is 25.3 Å². The Balaban J connectivity index is 1.75. The molecule has 1 saturated heterocycles. The Hall–Kier alpha value is -3.71. The molecule has 224 valence electrons. The summed E-state index contributed by atoms with van der Waals surface area (Å²) in [4.78, 5) is 19.9. The average molecular weight is 575 g/mol. The molecular formula is C35H43FN2O4. The minimum atomic E-state index is -1.22. The van der Waals surface area contributed by atoms with Gasteiger partial charge in [0.2, 0.25) is 0 Å². The van der Waals surface area contributed by atoms with Crippen molar-refractivity contribution < 1.29 is 23.8 Å². The van der Waals surface area contributed by atoms with E-state index in [0.29, 0.717) is 24.3 Å². The molecule has 1 atom stereocenters. The van der Waals surface area contributed by atoms with E-state index in [0.717, 1.165) is 59.8 Å². The molecule has 2 aromatic carbocycles. The van der Waals surface area contributed by atoms with Gasteiger partial charge in [-0.25, -0.2) is 9.18 Å². The number of anilines is 1. The number of rotatable bonds is 10. The zero-order valence-electron chi connectivity index (χ0n) is 25.7. The van der Waals surface area contributed by atoms with Crippen LogP contribution in [0.4, 0.5) is 10.1 Å². The van der Waals surface area contributed by atoms with Gasteiger partial charge in [-0.3, -0.25) is 4.98 Å². The number of piperidine rings is 1. The van der Waals surface area contributed by atoms with Gasteiger partial charge in [0, 0.05) is 36.3 Å². The van der Waals surface area contributed by atoms with Gasteiger partial charge >= 0.3 is 5.97 Å². The number of carbonyl (C=O) groups is 1. The Morgan fingerprint density at radius 2 is 1.74 bits per heavy atom. The molecule has 1 fully saturated rings. The first kappa shape index (κ1) is 31.2. The molecule has 4 rings (SSSR count). The molecule has 1 N–H and O–H groups in total. The van der Waals surface area contributed by atoms with Crippen molar-refractivity contribution in [1.82, 2.24) is 4.98 Å². The van der Waals surface area contributed by atoms with Crippen LogP contribution < -0.4 is 9.64 Å². The number of halogens is 1. The number of nitrogens with zero attached hydrogens (tertiary/aromatic N) is 2. The van der Waals surface area contributed by atoms with E-state index in [-0.39, 0.29) is 11.2 Å². The lowest BCUT2D eigenvalue weighted by Crippen LogP contribution is -2.39. The first-order valence-electron chi connectivity index (χ1n) is 14.6. The van der Waals surface area contributed by atoms with Crippen molar-refractivity contribution in [2.75, 3.05) is 24.6 Å². The molecule has 3 aromatic rings. The second-order valence-electron chi connectivity index (χ2n) is 12.8. The van der Waals surface area contributed by atoms with Crippen molar-refractivity contribution in [1.29, 1.82) is 0 Å². The van der Waals surface area contributed by atoms with E-state index >= 15 is 0 Å². The van der Waals surface area contributed by atoms with Gasteiger partial charge in [0.05, 0.1) is 23.6 Å². The Kier molecular flexibility index (Phi) is 9.41. The lowest BCUT2D eigenvalue weighted by molar-refractivity contribution is -0.160. The highest BCUT2D eigenvalue weighted by Crippen LogP contribution is 2.45. The van der Waals surface area contributed by atoms with Crippen LogP contribution in [-0.2, 0) is 16.0 Å². The van der Waals surface area contributed by atoms with Crippen LogP contribution >= 0.6 is 0 Å². The fourth-order valence-electron chi connectivity index (χ4n) is 5.39. The van der Waals surface area contributed by atoms with Crippen LogP contribution in [0.15, 0.2) is 55.1 Å². The van der Waals surface area contributed by atoms with Crippen LogP contribution in [0.5, 0.6) is 5.75 Å². The summed E-state index contributed by atoms with van der Waals surface area (Å²) in [5.74, 6) is -0.597. The summed E-state index contributed by atoms with van der Waals surface area (Å²) in [6, 6.07) is 14.3. The summed E-state index contributed by atoms with van der Waals surface area (Å²) in [5.41, 5.74) is 5.01. The average Bonchev–Trinajstić information content (AvgIpc) is 2.92. The topological polar surface area (TPSA) is 71.9 Å². The number of hydrogen-bond donors (Lipinski definition) is 1. The summed E-state index contributed by atoms with van der Waals surface area (Å²) < 4.78 is 25.4. The predicted molar refractivity (Wildman–Crippen MR) is 167 cm³/mol. The van der Waals surface area contributed by atoms with Crippen molar-refractivity contribution in [2.45, 2.75) is 72.5 Å². The fraction of sp³-hybridized carbons (Fsp3) is 0.429. The maximum absolute atomic E-state index is 13.2. The van der Waals surface area contributed by atoms with Gasteiger partial charge in [-0.15, -0.1) is 0 Å². The minimum absolute atomic E-state index is 0.210. The van der Waals surface area contributed by atoms with E-state index in [4.69, 9.17) is 14.5 Å². The van der Waals surface area contributed by atoms with Gasteiger partial charge < -0.3 is 19.5 Å². The second kappa shape index (κ2) is 12.7. The lowest BCUT2D eigenvalue weighted by atomic mass is 9.81. The van der Waals surface area contributed by atoms with Crippen LogP contribution in [0, 0.1) is 18.2 Å². The number of ether oxygens (including phenoxy) is 2. The zero-order chi connectivity index (χ0) is 30.7. The molecule has 0 bridgehead atoms. The first-order valence-corrected chi connectivity index (χ1v) is 14.6. The minimum Gasteiger partial charge on any atom is -0.493 e. The number of aromatic nitrogens is 1. The van der Waals surface area contributed by atoms with E-state index < -0.39 is 17.7 Å². The Morgan fingerprint density at radius 3 is 2.29 bits per heavy atom. The zero-order valence-corrected chi connectivity index (χ0v) is 25.7. The highest BCUT2D eigenvalue weighted by atomic mass is 19.1. The SMILES string of the molecule is C=Cc1nc(C)c(-c2ccc(OCCc3ccc(F)cc3)cc2)c(N2CCC(C)(C)CC2)c1[C@H](OC(C)(C)C)C(=O)O. The van der Waals surface area contributed by atoms with E-state index in [1.165, 1.54) is 12.1 Å². The summed E-state index contributed by atoms with van der Waals surface area (Å²) in [6.07, 6.45) is 3.04. The van der Waals surface area contributed by atoms with Crippen molar-refractivity contribution in [2.24, 2.45) is 5.41 Å². The third-order valence-corrected chi connectivity index (χ3v) is 7.72. The third-order valence-electron chi connectivity index (χ3n) is 7.72. The van der Waals surface area contributed by atoms with Gasteiger partial charge in [0.15, 0.2) is 6.10 Å². The van der Waals surface area contributed by atoms with Crippen LogP contribution in [0.1, 0.15) is 76.1 Å². The summed E-state index contributed by atoms with van der Waals surface area (Å²) >= 11 is 0. The summed E-state index contributed by atoms with van der Waals surface area (Å²) in [5, 5.41) is 10.4. The van der Waals surface area contributed by atoms with Crippen LogP contribution in [0.3, 0.4) is 0 Å². The van der Waals surface area contributed by atoms with Gasteiger partial charge in [-0.05, 0) is 87.4 Å². The number of carboxylic acids is 1. The van der Waals surface area contributed by atoms with Crippen molar-refractivity contribution in [3.63, 3.8) is 0 Å². The molecule has 6 nitrogen and oxygen atoms in total. The molecule has 0 amide bonds. The molecule has 0 aliphatic carbocycles. The number of benzene rings is 2. The van der Waals surface area contributed by atoms with Gasteiger partial charge in [0.1, 0.15) is 11.6 Å². The maximum atomic E-state index is 13.2. The van der Waals surface area contributed by atoms with Crippen LogP contribution in [-0.4, -0.2) is 41.4 Å². The monoisotopic (exact) mass is 574 g/mol. The van der Waals surface area contributed by atoms with Crippen LogP contribution in [0.2, 0.25) is 0 Å². The van der Waals surface area contributed by atoms with Gasteiger partial charge in [-0.2, -0.15) is 0 Å². The molecule has 1 aliphatic heterocycles. The maximum Gasteiger partial charge on any atom is 0.337 e. The number of aliphatic carboxylic acids is 1. The highest BCUT2D eigenvalue weighted by molar-refractivity contribution is 5.89. The quantitative estimate of drug-likeness (QED) is 0.264. The first-order chi connectivity index (χ1) is 19.8. The summed E-state index contributed by atoms with van der Waals surface area (Å²) in [7, 11) is 0. The van der Waals surface area contributed by atoms with Gasteiger partial charge in [-0.1, -0.05) is 44.7 Å². The lowest BCUT2D eigenvalue weighted by Gasteiger charge is -2.41. The highest BCUT2D eigenvalue weighted by Gasteiger charge is 2.36. The van der Waals surface area contributed by atoms with Crippen molar-refractivity contribution in [3.05, 3.63) is 83.4 Å². The molecule has 0 unspecified atom stereocenters. The standard InChI is InChI=1S/C35H43FN2O4/c1-8-28-30(32(33(39)40)42-34(3,4)5)31(38-20-18-35(6,7)19-21-38)29(23(2)37-28)25-11-15-27(16-12-25)41-22-17-24-9-13-26(36)14-10-24/h8-16,32H,1,17-22H2,2-7H3,(H,39,40)/t32-/m0/s1. The molecule has 0 saturated carbocycles. The Morgan fingerprint density at radius 1 is 1.12 bits per heavy atom. The third kappa shape index (κ3) is 7.57. The Labute approximate surface area is 249 Å². The van der Waals surface area contributed by atoms with Gasteiger partial charge in [0.25, 0.3) is 0 Å². The molecule has 0 radical (unpaired) electrons. The molecule has 7 heteroatoms. The molecule has 0 spiro atoms. The Bertz CT molecular complexity index is 1400. The van der Waals surface area contributed by atoms with E-state index in [1.54, 1.807) is 18.2 Å². The normalized spacial score (nSPS) is 15.7. The van der Waals surface area contributed by atoms with E-state index in [9.17, 15) is 14.3 Å². The number of aryl methyl sites for hydroxylation is 1. The number of pyridine rings is 1. The molecule has 1 aromatic heterocycles. The van der Waals surface area contributed by atoms with E-state index in [1.807, 2.05) is 52.0 Å². The number of carboxylic acid groups (broad SMARTS) is 1. The largest absolute Gasteiger partial charge is 0.493 e. The van der Waals surface area contributed by atoms with Crippen molar-refractivity contribution >= 4 is 17.7 Å². The summed E-state index contributed by atoms with van der Waals surface area (Å²) in [6.45, 7) is 18.1. The van der Waals surface area contributed by atoms with Crippen molar-refractivity contribution in [3.8, 4) is 16.9 Å².